The number of nitrogens with zero attached hydrogens (tertiary/aromatic N) is 3. The standard InChI is InChI=1S/C21H16F3N3O2/c1-28-16-7-3-13(4-8-16)15-11-18(14-5-9-17(29-2)10-6-14)19-25-26-20(21(22,23)24)27(19)12-15/h3-12H,1-2H3. The van der Waals surface area contributed by atoms with Gasteiger partial charge in [-0.15, -0.1) is 10.2 Å². The molecule has 2 aromatic heterocycles. The van der Waals surface area contributed by atoms with Crippen molar-refractivity contribution < 1.29 is 22.6 Å². The summed E-state index contributed by atoms with van der Waals surface area (Å²) >= 11 is 0. The molecule has 0 saturated heterocycles. The number of fused-ring (bicyclic) bond motifs is 1. The van der Waals surface area contributed by atoms with Gasteiger partial charge in [0.15, 0.2) is 5.65 Å². The van der Waals surface area contributed by atoms with Crippen LogP contribution in [0.4, 0.5) is 13.2 Å². The Kier molecular flexibility index (Phi) is 4.62. The van der Waals surface area contributed by atoms with E-state index in [0.29, 0.717) is 28.2 Å². The zero-order chi connectivity index (χ0) is 20.6. The van der Waals surface area contributed by atoms with Gasteiger partial charge < -0.3 is 9.47 Å². The van der Waals surface area contributed by atoms with E-state index in [1.165, 1.54) is 6.20 Å². The number of aromatic nitrogens is 3. The maximum atomic E-state index is 13.5. The molecule has 0 radical (unpaired) electrons. The minimum Gasteiger partial charge on any atom is -0.497 e. The van der Waals surface area contributed by atoms with Crippen molar-refractivity contribution in [1.82, 2.24) is 14.6 Å². The number of methoxy groups -OCH3 is 2. The quantitative estimate of drug-likeness (QED) is 0.479. The molecule has 148 valence electrons. The van der Waals surface area contributed by atoms with Gasteiger partial charge in [-0.2, -0.15) is 13.2 Å². The average Bonchev–Trinajstić information content (AvgIpc) is 3.18. The Morgan fingerprint density at radius 1 is 0.759 bits per heavy atom. The van der Waals surface area contributed by atoms with Crippen molar-refractivity contribution in [3.05, 3.63) is 66.6 Å². The molecule has 29 heavy (non-hydrogen) atoms. The van der Waals surface area contributed by atoms with E-state index in [4.69, 9.17) is 9.47 Å². The first-order valence-electron chi connectivity index (χ1n) is 8.65. The molecule has 0 spiro atoms. The fourth-order valence-corrected chi connectivity index (χ4v) is 3.11. The first-order valence-corrected chi connectivity index (χ1v) is 8.65. The van der Waals surface area contributed by atoms with Crippen molar-refractivity contribution in [2.24, 2.45) is 0 Å². The number of benzene rings is 2. The molecule has 4 rings (SSSR count). The zero-order valence-corrected chi connectivity index (χ0v) is 15.6. The molecule has 0 atom stereocenters. The van der Waals surface area contributed by atoms with Crippen molar-refractivity contribution in [2.45, 2.75) is 6.18 Å². The number of ether oxygens (including phenoxy) is 2. The van der Waals surface area contributed by atoms with Gasteiger partial charge >= 0.3 is 6.18 Å². The van der Waals surface area contributed by atoms with Gasteiger partial charge in [-0.25, -0.2) is 0 Å². The minimum atomic E-state index is -4.63. The van der Waals surface area contributed by atoms with Crippen molar-refractivity contribution in [3.8, 4) is 33.8 Å². The second-order valence-electron chi connectivity index (χ2n) is 6.31. The molecule has 0 amide bonds. The molecule has 0 aliphatic rings. The molecule has 0 N–H and O–H groups in total. The Balaban J connectivity index is 1.96. The molecule has 4 aromatic rings. The van der Waals surface area contributed by atoms with Crippen molar-refractivity contribution in [3.63, 3.8) is 0 Å². The summed E-state index contributed by atoms with van der Waals surface area (Å²) in [7, 11) is 3.10. The summed E-state index contributed by atoms with van der Waals surface area (Å²) in [5.74, 6) is 0.233. The lowest BCUT2D eigenvalue weighted by Crippen LogP contribution is -2.11. The van der Waals surface area contributed by atoms with Crippen LogP contribution in [-0.4, -0.2) is 28.8 Å². The minimum absolute atomic E-state index is 0.125. The van der Waals surface area contributed by atoms with Gasteiger partial charge in [-0.3, -0.25) is 4.40 Å². The first kappa shape index (κ1) is 18.8. The Morgan fingerprint density at radius 3 is 1.83 bits per heavy atom. The summed E-state index contributed by atoms with van der Waals surface area (Å²) in [4.78, 5) is 0. The van der Waals surface area contributed by atoms with Crippen LogP contribution in [-0.2, 0) is 6.18 Å². The maximum Gasteiger partial charge on any atom is 0.452 e. The lowest BCUT2D eigenvalue weighted by molar-refractivity contribution is -0.145. The predicted octanol–water partition coefficient (Wildman–Crippen LogP) is 5.10. The number of alkyl halides is 3. The Hall–Kier alpha value is -3.55. The van der Waals surface area contributed by atoms with Gasteiger partial charge in [0.05, 0.1) is 14.2 Å². The molecule has 0 saturated carbocycles. The van der Waals surface area contributed by atoms with Gasteiger partial charge in [0.25, 0.3) is 0 Å². The van der Waals surface area contributed by atoms with Crippen molar-refractivity contribution >= 4 is 5.65 Å². The average molecular weight is 399 g/mol. The molecule has 5 nitrogen and oxygen atoms in total. The Labute approximate surface area is 164 Å². The smallest absolute Gasteiger partial charge is 0.452 e. The van der Waals surface area contributed by atoms with Gasteiger partial charge in [0.2, 0.25) is 5.82 Å². The van der Waals surface area contributed by atoms with E-state index in [0.717, 1.165) is 9.96 Å². The fraction of sp³-hybridized carbons (Fsp3) is 0.143. The lowest BCUT2D eigenvalue weighted by atomic mass is 10.0. The van der Waals surface area contributed by atoms with E-state index in [9.17, 15) is 13.2 Å². The van der Waals surface area contributed by atoms with E-state index >= 15 is 0 Å². The highest BCUT2D eigenvalue weighted by molar-refractivity contribution is 5.82. The van der Waals surface area contributed by atoms with Crippen LogP contribution in [0, 0.1) is 0 Å². The van der Waals surface area contributed by atoms with E-state index in [-0.39, 0.29) is 5.65 Å². The largest absolute Gasteiger partial charge is 0.497 e. The fourth-order valence-electron chi connectivity index (χ4n) is 3.11. The number of rotatable bonds is 4. The van der Waals surface area contributed by atoms with E-state index in [1.54, 1.807) is 68.8 Å². The van der Waals surface area contributed by atoms with Gasteiger partial charge in [-0.05, 0) is 47.0 Å². The molecule has 0 bridgehead atoms. The van der Waals surface area contributed by atoms with E-state index < -0.39 is 12.0 Å². The summed E-state index contributed by atoms with van der Waals surface area (Å²) in [5.41, 5.74) is 2.69. The van der Waals surface area contributed by atoms with Crippen LogP contribution < -0.4 is 9.47 Å². The summed E-state index contributed by atoms with van der Waals surface area (Å²) in [6, 6.07) is 15.9. The van der Waals surface area contributed by atoms with Gasteiger partial charge in [0.1, 0.15) is 11.5 Å². The third kappa shape index (κ3) is 3.49. The van der Waals surface area contributed by atoms with Gasteiger partial charge in [-0.1, -0.05) is 24.3 Å². The van der Waals surface area contributed by atoms with Crippen molar-refractivity contribution in [1.29, 1.82) is 0 Å². The third-order valence-corrected chi connectivity index (χ3v) is 4.58. The second-order valence-corrected chi connectivity index (χ2v) is 6.31. The molecule has 0 aliphatic carbocycles. The van der Waals surface area contributed by atoms with Crippen LogP contribution in [0.1, 0.15) is 5.82 Å². The van der Waals surface area contributed by atoms with Crippen LogP contribution in [0.3, 0.4) is 0 Å². The highest BCUT2D eigenvalue weighted by atomic mass is 19.4. The summed E-state index contributed by atoms with van der Waals surface area (Å²) in [6.07, 6.45) is -3.23. The molecule has 0 fully saturated rings. The third-order valence-electron chi connectivity index (χ3n) is 4.58. The molecule has 8 heteroatoms. The normalized spacial score (nSPS) is 11.6. The van der Waals surface area contributed by atoms with Gasteiger partial charge in [0, 0.05) is 11.8 Å². The second kappa shape index (κ2) is 7.12. The Bertz CT molecular complexity index is 1150. The summed E-state index contributed by atoms with van der Waals surface area (Å²) in [6.45, 7) is 0. The number of hydrogen-bond acceptors (Lipinski definition) is 4. The van der Waals surface area contributed by atoms with Crippen LogP contribution in [0.15, 0.2) is 60.8 Å². The lowest BCUT2D eigenvalue weighted by Gasteiger charge is -2.11. The molecule has 2 heterocycles. The van der Waals surface area contributed by atoms with Crippen LogP contribution >= 0.6 is 0 Å². The number of hydrogen-bond donors (Lipinski definition) is 0. The molecular formula is C21H16F3N3O2. The predicted molar refractivity (Wildman–Crippen MR) is 102 cm³/mol. The van der Waals surface area contributed by atoms with Crippen LogP contribution in [0.5, 0.6) is 11.5 Å². The summed E-state index contributed by atoms with van der Waals surface area (Å²) < 4.78 is 51.7. The molecular weight excluding hydrogens is 383 g/mol. The number of halogens is 3. The van der Waals surface area contributed by atoms with Crippen molar-refractivity contribution in [2.75, 3.05) is 14.2 Å². The van der Waals surface area contributed by atoms with E-state index in [1.807, 2.05) is 0 Å². The first-order chi connectivity index (χ1) is 13.9. The molecule has 2 aromatic carbocycles. The SMILES string of the molecule is COc1ccc(-c2cc(-c3ccc(OC)cc3)c3nnc(C(F)(F)F)n3c2)cc1. The number of pyridine rings is 1. The van der Waals surface area contributed by atoms with Crippen LogP contribution in [0.25, 0.3) is 27.9 Å². The van der Waals surface area contributed by atoms with E-state index in [2.05, 4.69) is 10.2 Å². The molecule has 0 aliphatic heterocycles. The summed E-state index contributed by atoms with van der Waals surface area (Å²) in [5, 5.41) is 7.20. The Morgan fingerprint density at radius 2 is 1.31 bits per heavy atom. The molecule has 0 unspecified atom stereocenters. The zero-order valence-electron chi connectivity index (χ0n) is 15.6. The maximum absolute atomic E-state index is 13.5. The topological polar surface area (TPSA) is 48.7 Å². The monoisotopic (exact) mass is 399 g/mol. The highest BCUT2D eigenvalue weighted by Crippen LogP contribution is 2.35. The van der Waals surface area contributed by atoms with Crippen LogP contribution in [0.2, 0.25) is 0 Å². The highest BCUT2D eigenvalue weighted by Gasteiger charge is 2.37.